The number of nitro groups is 1. The third-order valence-electron chi connectivity index (χ3n) is 2.57. The molecule has 0 aliphatic carbocycles. The Balaban J connectivity index is 1.97. The van der Waals surface area contributed by atoms with Crippen LogP contribution in [-0.4, -0.2) is 21.2 Å². The molecule has 0 bridgehead atoms. The van der Waals surface area contributed by atoms with Crippen LogP contribution >= 0.6 is 0 Å². The molecule has 0 aliphatic heterocycles. The minimum atomic E-state index is -0.630. The highest BCUT2D eigenvalue weighted by Crippen LogP contribution is 2.19. The first-order chi connectivity index (χ1) is 9.04. The second-order valence-corrected chi connectivity index (χ2v) is 4.11. The lowest BCUT2D eigenvalue weighted by Gasteiger charge is -2.05. The molecule has 0 saturated carbocycles. The monoisotopic (exact) mass is 264 g/mol. The van der Waals surface area contributed by atoms with E-state index in [2.05, 4.69) is 10.4 Å². The first-order valence-electron chi connectivity index (χ1n) is 5.72. The first kappa shape index (κ1) is 13.0. The summed E-state index contributed by atoms with van der Waals surface area (Å²) in [5.74, 6) is -0.630. The van der Waals surface area contributed by atoms with Crippen molar-refractivity contribution in [1.29, 1.82) is 0 Å². The zero-order valence-corrected chi connectivity index (χ0v) is 10.3. The van der Waals surface area contributed by atoms with Gasteiger partial charge in [0.05, 0.1) is 16.7 Å². The Morgan fingerprint density at radius 3 is 2.89 bits per heavy atom. The van der Waals surface area contributed by atoms with Gasteiger partial charge in [-0.05, 0) is 12.1 Å². The van der Waals surface area contributed by atoms with Crippen LogP contribution in [0.3, 0.4) is 0 Å². The average Bonchev–Trinajstić information content (AvgIpc) is 2.74. The molecule has 7 heteroatoms. The lowest BCUT2D eigenvalue weighted by Crippen LogP contribution is -2.06. The average molecular weight is 264 g/mol. The number of aryl methyl sites for hydroxylation is 1. The molecule has 1 heterocycles. The molecule has 0 unspecified atom stereocenters. The molecule has 1 aromatic carbocycles. The van der Waals surface area contributed by atoms with E-state index < -0.39 is 10.7 Å². The molecule has 0 fully saturated rings. The molecule has 6 nitrogen and oxygen atoms in total. The Hall–Kier alpha value is -2.44. The number of nitro benzene ring substituents is 1. The number of non-ortho nitro benzene ring substituents is 1. The van der Waals surface area contributed by atoms with Crippen molar-refractivity contribution in [2.24, 2.45) is 7.05 Å². The molecule has 0 spiro atoms. The Morgan fingerprint density at radius 1 is 1.47 bits per heavy atom. The van der Waals surface area contributed by atoms with Crippen molar-refractivity contribution in [2.75, 3.05) is 11.9 Å². The van der Waals surface area contributed by atoms with E-state index >= 15 is 0 Å². The van der Waals surface area contributed by atoms with Crippen LogP contribution in [0.5, 0.6) is 0 Å². The fraction of sp³-hybridized carbons (Fsp3) is 0.250. The van der Waals surface area contributed by atoms with Gasteiger partial charge in [-0.3, -0.25) is 14.8 Å². The maximum absolute atomic E-state index is 13.2. The van der Waals surface area contributed by atoms with Gasteiger partial charge in [0.15, 0.2) is 0 Å². The predicted octanol–water partition coefficient (Wildman–Crippen LogP) is 2.12. The van der Waals surface area contributed by atoms with E-state index in [0.717, 1.165) is 11.8 Å². The summed E-state index contributed by atoms with van der Waals surface area (Å²) in [7, 11) is 1.83. The first-order valence-corrected chi connectivity index (χ1v) is 5.72. The van der Waals surface area contributed by atoms with Crippen molar-refractivity contribution in [2.45, 2.75) is 6.42 Å². The standard InChI is InChI=1S/C12H13FN4O2/c1-16-5-3-10(15-16)2-4-14-11-6-9(13)7-12(8-11)17(18)19/h3,5-8,14H,2,4H2,1H3. The SMILES string of the molecule is Cn1ccc(CCNc2cc(F)cc([N+](=O)[O-])c2)n1. The summed E-state index contributed by atoms with van der Waals surface area (Å²) in [6.45, 7) is 0.525. The van der Waals surface area contributed by atoms with Crippen molar-refractivity contribution in [3.63, 3.8) is 0 Å². The van der Waals surface area contributed by atoms with Crippen LogP contribution in [0.2, 0.25) is 0 Å². The molecule has 0 atom stereocenters. The third kappa shape index (κ3) is 3.51. The number of hydrogen-bond acceptors (Lipinski definition) is 4. The minimum absolute atomic E-state index is 0.264. The number of anilines is 1. The number of nitrogens with zero attached hydrogens (tertiary/aromatic N) is 3. The van der Waals surface area contributed by atoms with Crippen molar-refractivity contribution in [3.05, 3.63) is 52.1 Å². The third-order valence-corrected chi connectivity index (χ3v) is 2.57. The number of nitrogens with one attached hydrogen (secondary N) is 1. The molecule has 0 aliphatic rings. The Bertz CT molecular complexity index is 597. The summed E-state index contributed by atoms with van der Waals surface area (Å²) in [5.41, 5.74) is 1.03. The smallest absolute Gasteiger partial charge is 0.274 e. The van der Waals surface area contributed by atoms with Crippen molar-refractivity contribution in [1.82, 2.24) is 9.78 Å². The molecule has 0 saturated heterocycles. The van der Waals surface area contributed by atoms with Gasteiger partial charge < -0.3 is 5.32 Å². The van der Waals surface area contributed by atoms with Crippen molar-refractivity contribution in [3.8, 4) is 0 Å². The largest absolute Gasteiger partial charge is 0.384 e. The molecule has 19 heavy (non-hydrogen) atoms. The maximum atomic E-state index is 13.2. The maximum Gasteiger partial charge on any atom is 0.274 e. The van der Waals surface area contributed by atoms with E-state index in [1.807, 2.05) is 19.3 Å². The Labute approximate surface area is 109 Å². The fourth-order valence-corrected chi connectivity index (χ4v) is 1.71. The summed E-state index contributed by atoms with van der Waals surface area (Å²) in [6, 6.07) is 5.31. The number of aromatic nitrogens is 2. The predicted molar refractivity (Wildman–Crippen MR) is 68.5 cm³/mol. The highest BCUT2D eigenvalue weighted by Gasteiger charge is 2.09. The summed E-state index contributed by atoms with van der Waals surface area (Å²) in [4.78, 5) is 9.98. The zero-order valence-electron chi connectivity index (χ0n) is 10.3. The zero-order chi connectivity index (χ0) is 13.8. The lowest BCUT2D eigenvalue weighted by molar-refractivity contribution is -0.385. The summed E-state index contributed by atoms with van der Waals surface area (Å²) < 4.78 is 14.9. The van der Waals surface area contributed by atoms with Crippen LogP contribution in [0, 0.1) is 15.9 Å². The molecular formula is C12H13FN4O2. The van der Waals surface area contributed by atoms with E-state index in [9.17, 15) is 14.5 Å². The van der Waals surface area contributed by atoms with E-state index in [4.69, 9.17) is 0 Å². The molecule has 2 rings (SSSR count). The molecular weight excluding hydrogens is 251 g/mol. The van der Waals surface area contributed by atoms with Crippen LogP contribution in [0.1, 0.15) is 5.69 Å². The number of rotatable bonds is 5. The normalized spacial score (nSPS) is 10.4. The highest BCUT2D eigenvalue weighted by molar-refractivity contribution is 5.51. The van der Waals surface area contributed by atoms with E-state index in [0.29, 0.717) is 18.7 Å². The van der Waals surface area contributed by atoms with Gasteiger partial charge in [-0.2, -0.15) is 5.10 Å². The second kappa shape index (κ2) is 5.47. The second-order valence-electron chi connectivity index (χ2n) is 4.11. The van der Waals surface area contributed by atoms with Gasteiger partial charge in [-0.1, -0.05) is 0 Å². The Kier molecular flexibility index (Phi) is 3.74. The van der Waals surface area contributed by atoms with Crippen LogP contribution in [0.4, 0.5) is 15.8 Å². The molecule has 1 N–H and O–H groups in total. The van der Waals surface area contributed by atoms with Crippen LogP contribution in [0.25, 0.3) is 0 Å². The van der Waals surface area contributed by atoms with Crippen LogP contribution in [-0.2, 0) is 13.5 Å². The van der Waals surface area contributed by atoms with Crippen molar-refractivity contribution >= 4 is 11.4 Å². The van der Waals surface area contributed by atoms with Crippen LogP contribution in [0.15, 0.2) is 30.5 Å². The highest BCUT2D eigenvalue weighted by atomic mass is 19.1. The van der Waals surface area contributed by atoms with Gasteiger partial charge >= 0.3 is 0 Å². The number of halogens is 1. The van der Waals surface area contributed by atoms with Crippen molar-refractivity contribution < 1.29 is 9.31 Å². The quantitative estimate of drug-likeness (QED) is 0.663. The van der Waals surface area contributed by atoms with Crippen LogP contribution < -0.4 is 5.32 Å². The van der Waals surface area contributed by atoms with Gasteiger partial charge in [0, 0.05) is 38.0 Å². The van der Waals surface area contributed by atoms with Gasteiger partial charge in [-0.15, -0.1) is 0 Å². The van der Waals surface area contributed by atoms with E-state index in [1.165, 1.54) is 12.1 Å². The van der Waals surface area contributed by atoms with Gasteiger partial charge in [0.25, 0.3) is 5.69 Å². The van der Waals surface area contributed by atoms with Gasteiger partial charge in [0.1, 0.15) is 5.82 Å². The Morgan fingerprint density at radius 2 is 2.26 bits per heavy atom. The molecule has 0 radical (unpaired) electrons. The molecule has 2 aromatic rings. The molecule has 0 amide bonds. The lowest BCUT2D eigenvalue weighted by atomic mass is 10.2. The number of benzene rings is 1. The summed E-state index contributed by atoms with van der Waals surface area (Å²) in [5, 5.41) is 17.7. The topological polar surface area (TPSA) is 73.0 Å². The fourth-order valence-electron chi connectivity index (χ4n) is 1.71. The van der Waals surface area contributed by atoms with E-state index in [-0.39, 0.29) is 5.69 Å². The summed E-state index contributed by atoms with van der Waals surface area (Å²) >= 11 is 0. The number of hydrogen-bond donors (Lipinski definition) is 1. The van der Waals surface area contributed by atoms with Gasteiger partial charge in [0.2, 0.25) is 0 Å². The summed E-state index contributed by atoms with van der Waals surface area (Å²) in [6.07, 6.45) is 2.49. The molecule has 100 valence electrons. The minimum Gasteiger partial charge on any atom is -0.384 e. The van der Waals surface area contributed by atoms with E-state index in [1.54, 1.807) is 4.68 Å². The van der Waals surface area contributed by atoms with Gasteiger partial charge in [-0.25, -0.2) is 4.39 Å². The molecule has 1 aromatic heterocycles.